The van der Waals surface area contributed by atoms with Gasteiger partial charge in [-0.3, -0.25) is 9.59 Å². The number of aromatic nitrogens is 6. The molecule has 4 rings (SSSR count). The molecule has 31 heavy (non-hydrogen) atoms. The number of nitrogens with zero attached hydrogens (tertiary/aromatic N) is 6. The molecule has 0 aliphatic heterocycles. The SMILES string of the molecule is Cc1cc(C)n(-c2ccc(=O)n(CC(=O)NCc3cc(-c4ccccc4)ncn3)n2)n1. The minimum Gasteiger partial charge on any atom is -0.349 e. The smallest absolute Gasteiger partial charge is 0.267 e. The summed E-state index contributed by atoms with van der Waals surface area (Å²) in [5, 5.41) is 11.4. The van der Waals surface area contributed by atoms with Crippen molar-refractivity contribution in [2.45, 2.75) is 26.9 Å². The molecule has 0 bridgehead atoms. The van der Waals surface area contributed by atoms with Gasteiger partial charge in [0.1, 0.15) is 12.9 Å². The molecule has 0 aliphatic rings. The van der Waals surface area contributed by atoms with Crippen molar-refractivity contribution >= 4 is 5.91 Å². The predicted octanol–water partition coefficient (Wildman–Crippen LogP) is 1.82. The molecule has 0 saturated heterocycles. The highest BCUT2D eigenvalue weighted by molar-refractivity contribution is 5.75. The van der Waals surface area contributed by atoms with Crippen LogP contribution in [0.4, 0.5) is 0 Å². The Hall–Kier alpha value is -4.14. The molecule has 3 heterocycles. The molecule has 1 amide bonds. The van der Waals surface area contributed by atoms with Crippen LogP contribution in [0.1, 0.15) is 17.1 Å². The van der Waals surface area contributed by atoms with Gasteiger partial charge in [-0.2, -0.15) is 5.10 Å². The van der Waals surface area contributed by atoms with Gasteiger partial charge >= 0.3 is 0 Å². The lowest BCUT2D eigenvalue weighted by atomic mass is 10.1. The summed E-state index contributed by atoms with van der Waals surface area (Å²) in [6.07, 6.45) is 1.47. The second-order valence-electron chi connectivity index (χ2n) is 7.06. The average Bonchev–Trinajstić information content (AvgIpc) is 3.12. The number of nitrogens with one attached hydrogen (secondary N) is 1. The molecule has 0 aliphatic carbocycles. The quantitative estimate of drug-likeness (QED) is 0.515. The van der Waals surface area contributed by atoms with E-state index in [-0.39, 0.29) is 24.6 Å². The summed E-state index contributed by atoms with van der Waals surface area (Å²) >= 11 is 0. The highest BCUT2D eigenvalue weighted by atomic mass is 16.2. The zero-order chi connectivity index (χ0) is 21.8. The summed E-state index contributed by atoms with van der Waals surface area (Å²) in [5.41, 5.74) is 3.77. The number of rotatable bonds is 6. The monoisotopic (exact) mass is 415 g/mol. The van der Waals surface area contributed by atoms with E-state index in [9.17, 15) is 9.59 Å². The minimum absolute atomic E-state index is 0.206. The third kappa shape index (κ3) is 4.72. The molecule has 1 aromatic carbocycles. The number of carbonyl (C=O) groups excluding carboxylic acids is 1. The molecule has 156 valence electrons. The first kappa shape index (κ1) is 20.1. The molecule has 0 atom stereocenters. The van der Waals surface area contributed by atoms with E-state index in [0.29, 0.717) is 11.5 Å². The normalized spacial score (nSPS) is 10.8. The van der Waals surface area contributed by atoms with E-state index in [1.165, 1.54) is 12.4 Å². The van der Waals surface area contributed by atoms with Crippen molar-refractivity contribution in [2.75, 3.05) is 0 Å². The van der Waals surface area contributed by atoms with Crippen LogP contribution in [0, 0.1) is 13.8 Å². The van der Waals surface area contributed by atoms with Gasteiger partial charge in [0, 0.05) is 17.3 Å². The zero-order valence-corrected chi connectivity index (χ0v) is 17.2. The number of hydrogen-bond acceptors (Lipinski definition) is 6. The van der Waals surface area contributed by atoms with Gasteiger partial charge in [-0.05, 0) is 32.0 Å². The molecule has 0 spiro atoms. The fourth-order valence-electron chi connectivity index (χ4n) is 3.17. The first-order chi connectivity index (χ1) is 15.0. The van der Waals surface area contributed by atoms with Crippen LogP contribution in [0.3, 0.4) is 0 Å². The Balaban J connectivity index is 1.44. The highest BCUT2D eigenvalue weighted by Crippen LogP contribution is 2.16. The molecule has 0 saturated carbocycles. The summed E-state index contributed by atoms with van der Waals surface area (Å²) < 4.78 is 2.76. The van der Waals surface area contributed by atoms with E-state index in [1.54, 1.807) is 10.7 Å². The van der Waals surface area contributed by atoms with Gasteiger partial charge in [0.25, 0.3) is 5.56 Å². The lowest BCUT2D eigenvalue weighted by Crippen LogP contribution is -2.33. The summed E-state index contributed by atoms with van der Waals surface area (Å²) in [7, 11) is 0. The van der Waals surface area contributed by atoms with Gasteiger partial charge in [-0.1, -0.05) is 30.3 Å². The van der Waals surface area contributed by atoms with E-state index in [1.807, 2.05) is 56.3 Å². The standard InChI is InChI=1S/C22H21N7O2/c1-15-10-16(2)29(26-15)20-8-9-22(31)28(27-20)13-21(30)23-12-18-11-19(25-14-24-18)17-6-4-3-5-7-17/h3-11,14H,12-13H2,1-2H3,(H,23,30). The maximum absolute atomic E-state index is 12.4. The van der Waals surface area contributed by atoms with Crippen molar-refractivity contribution in [1.82, 2.24) is 34.8 Å². The Kier molecular flexibility index (Phi) is 5.65. The Bertz CT molecular complexity index is 1280. The van der Waals surface area contributed by atoms with Gasteiger partial charge in [-0.25, -0.2) is 19.3 Å². The summed E-state index contributed by atoms with van der Waals surface area (Å²) in [5.74, 6) is 0.126. The maximum Gasteiger partial charge on any atom is 0.267 e. The Morgan fingerprint density at radius 2 is 1.81 bits per heavy atom. The molecular weight excluding hydrogens is 394 g/mol. The van der Waals surface area contributed by atoms with E-state index in [2.05, 4.69) is 25.5 Å². The lowest BCUT2D eigenvalue weighted by molar-refractivity contribution is -0.122. The molecule has 4 aromatic rings. The van der Waals surface area contributed by atoms with Gasteiger partial charge in [0.15, 0.2) is 5.82 Å². The third-order valence-electron chi connectivity index (χ3n) is 4.63. The molecule has 9 heteroatoms. The summed E-state index contributed by atoms with van der Waals surface area (Å²) in [6.45, 7) is 3.79. The van der Waals surface area contributed by atoms with Crippen LogP contribution in [0.25, 0.3) is 17.1 Å². The Morgan fingerprint density at radius 3 is 2.55 bits per heavy atom. The molecule has 0 unspecified atom stereocenters. The average molecular weight is 415 g/mol. The number of amides is 1. The van der Waals surface area contributed by atoms with Crippen molar-refractivity contribution in [2.24, 2.45) is 0 Å². The van der Waals surface area contributed by atoms with Crippen LogP contribution in [-0.4, -0.2) is 35.4 Å². The van der Waals surface area contributed by atoms with Gasteiger partial charge < -0.3 is 5.32 Å². The van der Waals surface area contributed by atoms with E-state index in [4.69, 9.17) is 0 Å². The first-order valence-corrected chi connectivity index (χ1v) is 9.74. The molecule has 9 nitrogen and oxygen atoms in total. The van der Waals surface area contributed by atoms with Crippen molar-refractivity contribution < 1.29 is 4.79 Å². The Labute approximate surface area is 178 Å². The Morgan fingerprint density at radius 1 is 1.00 bits per heavy atom. The molecular formula is C22H21N7O2. The van der Waals surface area contributed by atoms with E-state index < -0.39 is 0 Å². The highest BCUT2D eigenvalue weighted by Gasteiger charge is 2.11. The number of aryl methyl sites for hydroxylation is 2. The molecule has 1 N–H and O–H groups in total. The molecule has 0 fully saturated rings. The lowest BCUT2D eigenvalue weighted by Gasteiger charge is -2.09. The molecule has 3 aromatic heterocycles. The zero-order valence-electron chi connectivity index (χ0n) is 17.2. The predicted molar refractivity (Wildman–Crippen MR) is 114 cm³/mol. The van der Waals surface area contributed by atoms with Crippen LogP contribution >= 0.6 is 0 Å². The second-order valence-corrected chi connectivity index (χ2v) is 7.06. The van der Waals surface area contributed by atoms with E-state index >= 15 is 0 Å². The number of benzene rings is 1. The van der Waals surface area contributed by atoms with Crippen molar-refractivity contribution in [1.29, 1.82) is 0 Å². The number of carbonyl (C=O) groups is 1. The first-order valence-electron chi connectivity index (χ1n) is 9.74. The van der Waals surface area contributed by atoms with Gasteiger partial charge in [0.05, 0.1) is 23.6 Å². The van der Waals surface area contributed by atoms with Crippen LogP contribution in [0.2, 0.25) is 0 Å². The van der Waals surface area contributed by atoms with Crippen molar-refractivity contribution in [3.8, 4) is 17.1 Å². The van der Waals surface area contributed by atoms with Crippen LogP contribution in [0.15, 0.2) is 65.7 Å². The molecule has 0 radical (unpaired) electrons. The van der Waals surface area contributed by atoms with E-state index in [0.717, 1.165) is 27.3 Å². The maximum atomic E-state index is 12.4. The topological polar surface area (TPSA) is 108 Å². The van der Waals surface area contributed by atoms with Gasteiger partial charge in [0.2, 0.25) is 5.91 Å². The third-order valence-corrected chi connectivity index (χ3v) is 4.63. The van der Waals surface area contributed by atoms with Crippen molar-refractivity contribution in [3.63, 3.8) is 0 Å². The summed E-state index contributed by atoms with van der Waals surface area (Å²) in [6, 6.07) is 16.4. The summed E-state index contributed by atoms with van der Waals surface area (Å²) in [4.78, 5) is 33.1. The van der Waals surface area contributed by atoms with Gasteiger partial charge in [-0.15, -0.1) is 5.10 Å². The van der Waals surface area contributed by atoms with Crippen LogP contribution < -0.4 is 10.9 Å². The fourth-order valence-corrected chi connectivity index (χ4v) is 3.17. The largest absolute Gasteiger partial charge is 0.349 e. The van der Waals surface area contributed by atoms with Crippen molar-refractivity contribution in [3.05, 3.63) is 88.4 Å². The minimum atomic E-state index is -0.367. The number of hydrogen-bond donors (Lipinski definition) is 1. The van der Waals surface area contributed by atoms with Crippen LogP contribution in [0.5, 0.6) is 0 Å². The second kappa shape index (κ2) is 8.70. The fraction of sp³-hybridized carbons (Fsp3) is 0.182. The van der Waals surface area contributed by atoms with Crippen LogP contribution in [-0.2, 0) is 17.9 Å².